The van der Waals surface area contributed by atoms with Crippen molar-refractivity contribution >= 4 is 0 Å². The van der Waals surface area contributed by atoms with Gasteiger partial charge in [0.1, 0.15) is 0 Å². The molecule has 1 aliphatic rings. The minimum atomic E-state index is 0.257. The molecule has 0 spiro atoms. The summed E-state index contributed by atoms with van der Waals surface area (Å²) in [6.07, 6.45) is 3.50. The topological polar surface area (TPSA) is 47.1 Å². The minimum absolute atomic E-state index is 0.257. The lowest BCUT2D eigenvalue weighted by Gasteiger charge is -2.14. The second-order valence-electron chi connectivity index (χ2n) is 5.26. The minimum Gasteiger partial charge on any atom is -0.493 e. The van der Waals surface area contributed by atoms with Crippen LogP contribution in [0.3, 0.4) is 0 Å². The molecule has 0 saturated carbocycles. The van der Waals surface area contributed by atoms with Crippen LogP contribution in [0.4, 0.5) is 0 Å². The Kier molecular flexibility index (Phi) is 3.38. The summed E-state index contributed by atoms with van der Waals surface area (Å²) in [5.74, 6) is 1.78. The molecule has 1 atom stereocenters. The molecule has 0 bridgehead atoms. The fourth-order valence-electron chi connectivity index (χ4n) is 2.98. The van der Waals surface area contributed by atoms with E-state index in [-0.39, 0.29) is 5.92 Å². The second kappa shape index (κ2) is 5.19. The van der Waals surface area contributed by atoms with Gasteiger partial charge >= 0.3 is 0 Å². The smallest absolute Gasteiger partial charge is 0.161 e. The van der Waals surface area contributed by atoms with Gasteiger partial charge in [-0.15, -0.1) is 0 Å². The van der Waals surface area contributed by atoms with Crippen molar-refractivity contribution in [2.75, 3.05) is 14.2 Å². The van der Waals surface area contributed by atoms with Gasteiger partial charge in [0, 0.05) is 11.6 Å². The van der Waals surface area contributed by atoms with E-state index in [1.165, 1.54) is 28.9 Å². The van der Waals surface area contributed by atoms with Gasteiger partial charge in [-0.1, -0.05) is 13.0 Å². The van der Waals surface area contributed by atoms with Crippen LogP contribution >= 0.6 is 0 Å². The summed E-state index contributed by atoms with van der Waals surface area (Å²) in [5.41, 5.74) is 5.09. The fourth-order valence-corrected chi connectivity index (χ4v) is 2.98. The normalized spacial score (nSPS) is 14.9. The molecule has 20 heavy (non-hydrogen) atoms. The fraction of sp³-hybridized carbons (Fsp3) is 0.438. The van der Waals surface area contributed by atoms with E-state index in [9.17, 15) is 0 Å². The average molecular weight is 272 g/mol. The summed E-state index contributed by atoms with van der Waals surface area (Å²) >= 11 is 0. The lowest BCUT2D eigenvalue weighted by molar-refractivity contribution is 0.354. The molecule has 0 saturated heterocycles. The van der Waals surface area contributed by atoms with Gasteiger partial charge in [-0.3, -0.25) is 5.10 Å². The molecule has 1 N–H and O–H groups in total. The van der Waals surface area contributed by atoms with Crippen molar-refractivity contribution in [1.29, 1.82) is 0 Å². The zero-order valence-electron chi connectivity index (χ0n) is 12.2. The molecule has 1 unspecified atom stereocenters. The highest BCUT2D eigenvalue weighted by molar-refractivity contribution is 5.46. The third-order valence-electron chi connectivity index (χ3n) is 4.16. The molecule has 1 aromatic carbocycles. The Hall–Kier alpha value is -1.97. The molecule has 106 valence electrons. The van der Waals surface area contributed by atoms with E-state index < -0.39 is 0 Å². The number of hydrogen-bond acceptors (Lipinski definition) is 3. The molecule has 0 amide bonds. The van der Waals surface area contributed by atoms with Crippen LogP contribution in [-0.4, -0.2) is 24.4 Å². The van der Waals surface area contributed by atoms with Crippen LogP contribution in [0.2, 0.25) is 0 Å². The number of aromatic amines is 1. The first kappa shape index (κ1) is 13.0. The Morgan fingerprint density at radius 3 is 2.70 bits per heavy atom. The number of hydrogen-bond donors (Lipinski definition) is 1. The average Bonchev–Trinajstić information content (AvgIpc) is 3.08. The Balaban J connectivity index is 1.95. The van der Waals surface area contributed by atoms with Crippen molar-refractivity contribution in [3.05, 3.63) is 40.7 Å². The first-order valence-electron chi connectivity index (χ1n) is 7.02. The standard InChI is InChI=1S/C16H20N2O2/c1-10(16-12-5-4-6-13(12)17-18-16)11-7-8-14(19-2)15(9-11)20-3/h7-10H,4-6H2,1-3H3,(H,17,18). The highest BCUT2D eigenvalue weighted by Crippen LogP contribution is 2.35. The number of aryl methyl sites for hydroxylation is 1. The number of nitrogens with zero attached hydrogens (tertiary/aromatic N) is 1. The van der Waals surface area contributed by atoms with Crippen LogP contribution in [-0.2, 0) is 12.8 Å². The maximum atomic E-state index is 5.38. The van der Waals surface area contributed by atoms with Crippen LogP contribution in [0.25, 0.3) is 0 Å². The van der Waals surface area contributed by atoms with Gasteiger partial charge in [0.05, 0.1) is 19.9 Å². The van der Waals surface area contributed by atoms with E-state index >= 15 is 0 Å². The van der Waals surface area contributed by atoms with Gasteiger partial charge in [0.25, 0.3) is 0 Å². The van der Waals surface area contributed by atoms with Gasteiger partial charge in [-0.2, -0.15) is 5.10 Å². The zero-order valence-corrected chi connectivity index (χ0v) is 12.2. The van der Waals surface area contributed by atoms with Crippen molar-refractivity contribution in [2.45, 2.75) is 32.1 Å². The predicted octanol–water partition coefficient (Wildman–Crippen LogP) is 3.07. The number of aromatic nitrogens is 2. The largest absolute Gasteiger partial charge is 0.493 e. The summed E-state index contributed by atoms with van der Waals surface area (Å²) in [4.78, 5) is 0. The summed E-state index contributed by atoms with van der Waals surface area (Å²) < 4.78 is 10.7. The first-order valence-corrected chi connectivity index (χ1v) is 7.02. The Bertz CT molecular complexity index is 619. The molecule has 4 nitrogen and oxygen atoms in total. The number of H-pyrrole nitrogens is 1. The molecular formula is C16H20N2O2. The first-order chi connectivity index (χ1) is 9.74. The third-order valence-corrected chi connectivity index (χ3v) is 4.16. The summed E-state index contributed by atoms with van der Waals surface area (Å²) in [6.45, 7) is 2.19. The molecule has 0 aliphatic heterocycles. The van der Waals surface area contributed by atoms with Gasteiger partial charge < -0.3 is 9.47 Å². The summed E-state index contributed by atoms with van der Waals surface area (Å²) in [7, 11) is 3.32. The Labute approximate surface area is 119 Å². The lowest BCUT2D eigenvalue weighted by atomic mass is 9.94. The van der Waals surface area contributed by atoms with Crippen LogP contribution in [0.5, 0.6) is 11.5 Å². The maximum Gasteiger partial charge on any atom is 0.161 e. The Morgan fingerprint density at radius 2 is 1.95 bits per heavy atom. The highest BCUT2D eigenvalue weighted by Gasteiger charge is 2.23. The zero-order chi connectivity index (χ0) is 14.1. The highest BCUT2D eigenvalue weighted by atomic mass is 16.5. The van der Waals surface area contributed by atoms with Gasteiger partial charge in [-0.05, 0) is 42.5 Å². The van der Waals surface area contributed by atoms with Crippen LogP contribution in [0, 0.1) is 0 Å². The Morgan fingerprint density at radius 1 is 1.15 bits per heavy atom. The molecule has 1 aliphatic carbocycles. The van der Waals surface area contributed by atoms with Gasteiger partial charge in [0.15, 0.2) is 11.5 Å². The summed E-state index contributed by atoms with van der Waals surface area (Å²) in [5, 5.41) is 7.70. The molecule has 1 aromatic heterocycles. The molecule has 0 radical (unpaired) electrons. The monoisotopic (exact) mass is 272 g/mol. The SMILES string of the molecule is COc1ccc(C(C)c2n[nH]c3c2CCC3)cc1OC. The molecule has 1 heterocycles. The molecular weight excluding hydrogens is 252 g/mol. The summed E-state index contributed by atoms with van der Waals surface area (Å²) in [6, 6.07) is 6.08. The molecule has 0 fully saturated rings. The quantitative estimate of drug-likeness (QED) is 0.930. The number of rotatable bonds is 4. The van der Waals surface area contributed by atoms with Gasteiger partial charge in [-0.25, -0.2) is 0 Å². The number of benzene rings is 1. The van der Waals surface area contributed by atoms with Crippen molar-refractivity contribution in [3.63, 3.8) is 0 Å². The molecule has 2 aromatic rings. The molecule has 3 rings (SSSR count). The van der Waals surface area contributed by atoms with Crippen molar-refractivity contribution in [1.82, 2.24) is 10.2 Å². The van der Waals surface area contributed by atoms with Gasteiger partial charge in [0.2, 0.25) is 0 Å². The lowest BCUT2D eigenvalue weighted by Crippen LogP contribution is -2.01. The van der Waals surface area contributed by atoms with Crippen LogP contribution in [0.1, 0.15) is 41.8 Å². The van der Waals surface area contributed by atoms with E-state index in [4.69, 9.17) is 9.47 Å². The predicted molar refractivity (Wildman–Crippen MR) is 77.7 cm³/mol. The van der Waals surface area contributed by atoms with E-state index in [2.05, 4.69) is 23.2 Å². The van der Waals surface area contributed by atoms with E-state index in [0.29, 0.717) is 0 Å². The van der Waals surface area contributed by atoms with Crippen LogP contribution < -0.4 is 9.47 Å². The van der Waals surface area contributed by atoms with E-state index in [1.807, 2.05) is 12.1 Å². The van der Waals surface area contributed by atoms with Crippen molar-refractivity contribution in [3.8, 4) is 11.5 Å². The van der Waals surface area contributed by atoms with Crippen molar-refractivity contribution < 1.29 is 9.47 Å². The second-order valence-corrected chi connectivity index (χ2v) is 5.26. The number of fused-ring (bicyclic) bond motifs is 1. The number of methoxy groups -OCH3 is 2. The van der Waals surface area contributed by atoms with Crippen molar-refractivity contribution in [2.24, 2.45) is 0 Å². The third kappa shape index (κ3) is 2.05. The maximum absolute atomic E-state index is 5.38. The molecule has 4 heteroatoms. The number of ether oxygens (including phenoxy) is 2. The van der Waals surface area contributed by atoms with E-state index in [1.54, 1.807) is 14.2 Å². The van der Waals surface area contributed by atoms with E-state index in [0.717, 1.165) is 24.3 Å². The number of nitrogens with one attached hydrogen (secondary N) is 1. The van der Waals surface area contributed by atoms with Crippen LogP contribution in [0.15, 0.2) is 18.2 Å².